The molecule has 0 aliphatic rings. The molecule has 0 radical (unpaired) electrons. The van der Waals surface area contributed by atoms with Gasteiger partial charge in [-0.15, -0.1) is 0 Å². The van der Waals surface area contributed by atoms with Gasteiger partial charge < -0.3 is 9.67 Å². The Balaban J connectivity index is 2.80. The summed E-state index contributed by atoms with van der Waals surface area (Å²) in [5.41, 5.74) is 0.210. The summed E-state index contributed by atoms with van der Waals surface area (Å²) in [7, 11) is 0. The van der Waals surface area contributed by atoms with E-state index in [1.54, 1.807) is 0 Å². The molecular weight excluding hydrogens is 325 g/mol. The number of aromatic nitrogens is 2. The average Bonchev–Trinajstić information content (AvgIpc) is 2.67. The Morgan fingerprint density at radius 2 is 1.95 bits per heavy atom. The van der Waals surface area contributed by atoms with Gasteiger partial charge in [-0.25, -0.2) is 18.2 Å². The number of fused-ring (bicyclic) bond motifs is 1. The maximum atomic E-state index is 13.8. The van der Waals surface area contributed by atoms with Crippen molar-refractivity contribution in [2.45, 2.75) is 32.4 Å². The Labute approximate surface area is 116 Å². The summed E-state index contributed by atoms with van der Waals surface area (Å²) in [5, 5.41) is 9.63. The predicted octanol–water partition coefficient (Wildman–Crippen LogP) is 3.82. The highest BCUT2D eigenvalue weighted by Crippen LogP contribution is 2.31. The zero-order chi connectivity index (χ0) is 14.3. The smallest absolute Gasteiger partial charge is 0.258 e. The van der Waals surface area contributed by atoms with Gasteiger partial charge >= 0.3 is 0 Å². The van der Waals surface area contributed by atoms with Gasteiger partial charge in [0.05, 0.1) is 11.6 Å². The van der Waals surface area contributed by atoms with Crippen molar-refractivity contribution in [1.29, 1.82) is 0 Å². The lowest BCUT2D eigenvalue weighted by Crippen LogP contribution is -2.17. The first-order chi connectivity index (χ1) is 8.82. The zero-order valence-electron chi connectivity index (χ0n) is 10.2. The lowest BCUT2D eigenvalue weighted by molar-refractivity contribution is 0.0860. The molecular formula is C12H12BrF3N2O. The number of aliphatic hydroxyl groups excluding tert-OH is 1. The minimum absolute atomic E-state index is 0.0217. The number of aliphatic hydroxyl groups is 1. The summed E-state index contributed by atoms with van der Waals surface area (Å²) in [6.45, 7) is 2.71. The number of alkyl halides is 2. The second-order valence-corrected chi connectivity index (χ2v) is 5.26. The first kappa shape index (κ1) is 14.3. The van der Waals surface area contributed by atoms with Gasteiger partial charge in [-0.1, -0.05) is 15.9 Å². The van der Waals surface area contributed by atoms with Crippen LogP contribution in [0.15, 0.2) is 16.6 Å². The van der Waals surface area contributed by atoms with E-state index in [2.05, 4.69) is 20.9 Å². The minimum atomic E-state index is -2.64. The van der Waals surface area contributed by atoms with E-state index >= 15 is 0 Å². The SMILES string of the molecule is CC(O)c1nc2c(F)cc(Br)cc2n1C(C)C(F)F. The van der Waals surface area contributed by atoms with Crippen LogP contribution in [0, 0.1) is 5.82 Å². The number of halogens is 4. The van der Waals surface area contributed by atoms with Gasteiger partial charge in [0.2, 0.25) is 0 Å². The van der Waals surface area contributed by atoms with Crippen LogP contribution >= 0.6 is 15.9 Å². The van der Waals surface area contributed by atoms with Crippen LogP contribution < -0.4 is 0 Å². The van der Waals surface area contributed by atoms with Crippen LogP contribution in [0.3, 0.4) is 0 Å². The van der Waals surface area contributed by atoms with Crippen LogP contribution in [0.4, 0.5) is 13.2 Å². The molecule has 1 aromatic heterocycles. The lowest BCUT2D eigenvalue weighted by atomic mass is 10.2. The molecule has 19 heavy (non-hydrogen) atoms. The lowest BCUT2D eigenvalue weighted by Gasteiger charge is -2.17. The average molecular weight is 337 g/mol. The molecule has 3 nitrogen and oxygen atoms in total. The van der Waals surface area contributed by atoms with E-state index in [1.165, 1.54) is 30.5 Å². The van der Waals surface area contributed by atoms with Crippen LogP contribution in [0.2, 0.25) is 0 Å². The molecule has 0 aliphatic carbocycles. The highest BCUT2D eigenvalue weighted by Gasteiger charge is 2.26. The molecule has 2 aromatic rings. The summed E-state index contributed by atoms with van der Waals surface area (Å²) in [5.74, 6) is -0.591. The normalized spacial score (nSPS) is 15.2. The van der Waals surface area contributed by atoms with Crippen molar-refractivity contribution in [2.75, 3.05) is 0 Å². The second kappa shape index (κ2) is 5.13. The fourth-order valence-electron chi connectivity index (χ4n) is 1.97. The second-order valence-electron chi connectivity index (χ2n) is 4.35. The zero-order valence-corrected chi connectivity index (χ0v) is 11.8. The molecule has 2 unspecified atom stereocenters. The molecule has 0 saturated carbocycles. The van der Waals surface area contributed by atoms with Crippen molar-refractivity contribution in [2.24, 2.45) is 0 Å². The Morgan fingerprint density at radius 1 is 1.32 bits per heavy atom. The molecule has 0 amide bonds. The molecule has 1 heterocycles. The summed E-state index contributed by atoms with van der Waals surface area (Å²) < 4.78 is 41.3. The highest BCUT2D eigenvalue weighted by atomic mass is 79.9. The fourth-order valence-corrected chi connectivity index (χ4v) is 2.39. The molecule has 2 atom stereocenters. The topological polar surface area (TPSA) is 38.1 Å². The molecule has 0 spiro atoms. The van der Waals surface area contributed by atoms with Gasteiger partial charge in [0.1, 0.15) is 17.4 Å². The molecule has 7 heteroatoms. The molecule has 0 bridgehead atoms. The summed E-state index contributed by atoms with van der Waals surface area (Å²) in [6, 6.07) is 1.51. The van der Waals surface area contributed by atoms with Crippen LogP contribution in [0.1, 0.15) is 31.8 Å². The number of hydrogen-bond donors (Lipinski definition) is 1. The monoisotopic (exact) mass is 336 g/mol. The van der Waals surface area contributed by atoms with Gasteiger partial charge in [0, 0.05) is 4.47 Å². The number of imidazole rings is 1. The molecule has 1 aromatic carbocycles. The van der Waals surface area contributed by atoms with E-state index in [1.807, 2.05) is 0 Å². The summed E-state index contributed by atoms with van der Waals surface area (Å²) in [4.78, 5) is 3.94. The first-order valence-electron chi connectivity index (χ1n) is 5.66. The first-order valence-corrected chi connectivity index (χ1v) is 6.45. The van der Waals surface area contributed by atoms with Gasteiger partial charge in [0.15, 0.2) is 5.82 Å². The van der Waals surface area contributed by atoms with Crippen molar-refractivity contribution in [3.8, 4) is 0 Å². The van der Waals surface area contributed by atoms with E-state index in [4.69, 9.17) is 0 Å². The Morgan fingerprint density at radius 3 is 2.47 bits per heavy atom. The fraction of sp³-hybridized carbons (Fsp3) is 0.417. The molecule has 1 N–H and O–H groups in total. The Kier molecular flexibility index (Phi) is 3.87. The Bertz CT molecular complexity index is 613. The number of rotatable bonds is 3. The largest absolute Gasteiger partial charge is 0.385 e. The van der Waals surface area contributed by atoms with Crippen molar-refractivity contribution >= 4 is 27.0 Å². The maximum absolute atomic E-state index is 13.8. The highest BCUT2D eigenvalue weighted by molar-refractivity contribution is 9.10. The van der Waals surface area contributed by atoms with E-state index in [0.717, 1.165) is 0 Å². The number of hydrogen-bond acceptors (Lipinski definition) is 2. The van der Waals surface area contributed by atoms with Gasteiger partial charge in [-0.2, -0.15) is 0 Å². The maximum Gasteiger partial charge on any atom is 0.258 e. The quantitative estimate of drug-likeness (QED) is 0.925. The predicted molar refractivity (Wildman–Crippen MR) is 68.7 cm³/mol. The van der Waals surface area contributed by atoms with Crippen LogP contribution in [-0.2, 0) is 0 Å². The van der Waals surface area contributed by atoms with Crippen LogP contribution in [0.5, 0.6) is 0 Å². The molecule has 0 aliphatic heterocycles. The van der Waals surface area contributed by atoms with Crippen molar-refractivity contribution in [1.82, 2.24) is 9.55 Å². The number of nitrogens with zero attached hydrogens (tertiary/aromatic N) is 2. The minimum Gasteiger partial charge on any atom is -0.385 e. The van der Waals surface area contributed by atoms with E-state index in [-0.39, 0.29) is 16.9 Å². The third kappa shape index (κ3) is 2.49. The molecule has 0 saturated heterocycles. The number of benzene rings is 1. The van der Waals surface area contributed by atoms with Crippen LogP contribution in [-0.4, -0.2) is 21.1 Å². The van der Waals surface area contributed by atoms with Gasteiger partial charge in [-0.05, 0) is 26.0 Å². The van der Waals surface area contributed by atoms with E-state index < -0.39 is 24.4 Å². The van der Waals surface area contributed by atoms with Gasteiger partial charge in [-0.3, -0.25) is 0 Å². The van der Waals surface area contributed by atoms with E-state index in [9.17, 15) is 18.3 Å². The molecule has 2 rings (SSSR count). The Hall–Kier alpha value is -1.08. The van der Waals surface area contributed by atoms with Crippen molar-refractivity contribution in [3.63, 3.8) is 0 Å². The third-order valence-corrected chi connectivity index (χ3v) is 3.34. The standard InChI is InChI=1S/C12H12BrF3N2O/c1-5(11(15)16)18-9-4-7(13)3-8(14)10(9)17-12(18)6(2)19/h3-6,11,19H,1-2H3. The molecule has 0 fully saturated rings. The third-order valence-electron chi connectivity index (χ3n) is 2.89. The van der Waals surface area contributed by atoms with E-state index in [0.29, 0.717) is 4.47 Å². The van der Waals surface area contributed by atoms with Crippen molar-refractivity contribution < 1.29 is 18.3 Å². The van der Waals surface area contributed by atoms with Gasteiger partial charge in [0.25, 0.3) is 6.43 Å². The summed E-state index contributed by atoms with van der Waals surface area (Å²) >= 11 is 3.12. The molecule has 104 valence electrons. The van der Waals surface area contributed by atoms with Crippen molar-refractivity contribution in [3.05, 3.63) is 28.2 Å². The summed E-state index contributed by atoms with van der Waals surface area (Å²) in [6.07, 6.45) is -3.70. The van der Waals surface area contributed by atoms with Crippen LogP contribution in [0.25, 0.3) is 11.0 Å².